The van der Waals surface area contributed by atoms with Crippen molar-refractivity contribution in [3.05, 3.63) is 0 Å². The maximum atomic E-state index is 11.0. The summed E-state index contributed by atoms with van der Waals surface area (Å²) < 4.78 is 0. The van der Waals surface area contributed by atoms with Crippen LogP contribution in [0.3, 0.4) is 0 Å². The lowest BCUT2D eigenvalue weighted by Crippen LogP contribution is -2.54. The molecule has 1 saturated heterocycles. The predicted octanol–water partition coefficient (Wildman–Crippen LogP) is 0.250. The second kappa shape index (κ2) is 2.81. The SMILES string of the molecule is CC1(C)NCCCC1C(N)=O. The van der Waals surface area contributed by atoms with Crippen molar-refractivity contribution in [3.8, 4) is 0 Å². The first-order valence-electron chi connectivity index (χ1n) is 4.08. The average molecular weight is 156 g/mol. The molecule has 0 bridgehead atoms. The summed E-state index contributed by atoms with van der Waals surface area (Å²) in [6.07, 6.45) is 1.98. The maximum absolute atomic E-state index is 11.0. The van der Waals surface area contributed by atoms with Gasteiger partial charge < -0.3 is 11.1 Å². The van der Waals surface area contributed by atoms with Crippen LogP contribution in [0.25, 0.3) is 0 Å². The number of hydrogen-bond acceptors (Lipinski definition) is 2. The third-order valence-corrected chi connectivity index (χ3v) is 2.46. The highest BCUT2D eigenvalue weighted by atomic mass is 16.1. The van der Waals surface area contributed by atoms with E-state index in [-0.39, 0.29) is 17.4 Å². The largest absolute Gasteiger partial charge is 0.369 e. The molecule has 0 saturated carbocycles. The Hall–Kier alpha value is -0.570. The normalized spacial score (nSPS) is 29.8. The fraction of sp³-hybridized carbons (Fsp3) is 0.875. The van der Waals surface area contributed by atoms with Gasteiger partial charge >= 0.3 is 0 Å². The molecule has 1 unspecified atom stereocenters. The molecule has 64 valence electrons. The van der Waals surface area contributed by atoms with E-state index in [1.54, 1.807) is 0 Å². The summed E-state index contributed by atoms with van der Waals surface area (Å²) in [5.74, 6) is -0.182. The lowest BCUT2D eigenvalue weighted by molar-refractivity contribution is -0.124. The monoisotopic (exact) mass is 156 g/mol. The molecular formula is C8H16N2O. The molecule has 0 radical (unpaired) electrons. The number of rotatable bonds is 1. The van der Waals surface area contributed by atoms with Crippen LogP contribution in [0.1, 0.15) is 26.7 Å². The Morgan fingerprint density at radius 1 is 1.64 bits per heavy atom. The predicted molar refractivity (Wildman–Crippen MR) is 44.0 cm³/mol. The number of piperidine rings is 1. The van der Waals surface area contributed by atoms with Gasteiger partial charge in [-0.25, -0.2) is 0 Å². The smallest absolute Gasteiger partial charge is 0.222 e. The molecule has 1 rings (SSSR count). The Kier molecular flexibility index (Phi) is 2.18. The lowest BCUT2D eigenvalue weighted by Gasteiger charge is -2.37. The van der Waals surface area contributed by atoms with Gasteiger partial charge in [-0.15, -0.1) is 0 Å². The highest BCUT2D eigenvalue weighted by Gasteiger charge is 2.35. The van der Waals surface area contributed by atoms with Crippen LogP contribution in [0.15, 0.2) is 0 Å². The molecule has 0 spiro atoms. The third kappa shape index (κ3) is 1.71. The number of nitrogens with one attached hydrogen (secondary N) is 1. The minimum absolute atomic E-state index is 0.00347. The summed E-state index contributed by atoms with van der Waals surface area (Å²) in [6, 6.07) is 0. The first-order chi connectivity index (χ1) is 5.04. The van der Waals surface area contributed by atoms with E-state index in [1.165, 1.54) is 0 Å². The molecule has 1 aliphatic heterocycles. The number of primary amides is 1. The first-order valence-corrected chi connectivity index (χ1v) is 4.08. The van der Waals surface area contributed by atoms with Crippen LogP contribution in [-0.2, 0) is 4.79 Å². The van der Waals surface area contributed by atoms with Gasteiger partial charge in [0.25, 0.3) is 0 Å². The number of nitrogens with two attached hydrogens (primary N) is 1. The molecule has 0 aliphatic carbocycles. The van der Waals surface area contributed by atoms with E-state index in [0.717, 1.165) is 19.4 Å². The zero-order valence-corrected chi connectivity index (χ0v) is 7.18. The van der Waals surface area contributed by atoms with Crippen LogP contribution < -0.4 is 11.1 Å². The summed E-state index contributed by atoms with van der Waals surface area (Å²) in [7, 11) is 0. The molecule has 0 aromatic rings. The van der Waals surface area contributed by atoms with Crippen molar-refractivity contribution in [2.75, 3.05) is 6.54 Å². The standard InChI is InChI=1S/C8H16N2O/c1-8(2)6(7(9)11)4-3-5-10-8/h6,10H,3-5H2,1-2H3,(H2,9,11). The van der Waals surface area contributed by atoms with Crippen molar-refractivity contribution in [1.82, 2.24) is 5.32 Å². The zero-order chi connectivity index (χ0) is 8.48. The molecule has 3 nitrogen and oxygen atoms in total. The van der Waals surface area contributed by atoms with Crippen LogP contribution in [0.5, 0.6) is 0 Å². The number of hydrogen-bond donors (Lipinski definition) is 2. The van der Waals surface area contributed by atoms with Crippen molar-refractivity contribution < 1.29 is 4.79 Å². The molecule has 0 aromatic carbocycles. The first kappa shape index (κ1) is 8.53. The van der Waals surface area contributed by atoms with Crippen LogP contribution in [0, 0.1) is 5.92 Å². The molecule has 1 amide bonds. The van der Waals surface area contributed by atoms with Gasteiger partial charge in [0, 0.05) is 5.54 Å². The van der Waals surface area contributed by atoms with Gasteiger partial charge in [-0.2, -0.15) is 0 Å². The fourth-order valence-corrected chi connectivity index (χ4v) is 1.70. The van der Waals surface area contributed by atoms with Crippen LogP contribution in [0.4, 0.5) is 0 Å². The molecular weight excluding hydrogens is 140 g/mol. The number of carbonyl (C=O) groups excluding carboxylic acids is 1. The van der Waals surface area contributed by atoms with Gasteiger partial charge in [-0.05, 0) is 33.2 Å². The Morgan fingerprint density at radius 2 is 2.27 bits per heavy atom. The minimum Gasteiger partial charge on any atom is -0.369 e. The molecule has 11 heavy (non-hydrogen) atoms. The molecule has 1 fully saturated rings. The topological polar surface area (TPSA) is 55.1 Å². The van der Waals surface area contributed by atoms with E-state index < -0.39 is 0 Å². The quantitative estimate of drug-likeness (QED) is 0.571. The minimum atomic E-state index is -0.179. The Labute approximate surface area is 67.3 Å². The summed E-state index contributed by atoms with van der Waals surface area (Å²) >= 11 is 0. The molecule has 1 heterocycles. The molecule has 0 aromatic heterocycles. The molecule has 1 aliphatic rings. The van der Waals surface area contributed by atoms with Crippen molar-refractivity contribution in [1.29, 1.82) is 0 Å². The fourth-order valence-electron chi connectivity index (χ4n) is 1.70. The van der Waals surface area contributed by atoms with E-state index in [1.807, 2.05) is 13.8 Å². The van der Waals surface area contributed by atoms with Gasteiger partial charge in [0.2, 0.25) is 5.91 Å². The summed E-state index contributed by atoms with van der Waals surface area (Å²) in [5, 5.41) is 3.29. The van der Waals surface area contributed by atoms with Crippen LogP contribution in [-0.4, -0.2) is 18.0 Å². The Bertz CT molecular complexity index is 165. The summed E-state index contributed by atoms with van der Waals surface area (Å²) in [4.78, 5) is 11.0. The van der Waals surface area contributed by atoms with E-state index in [4.69, 9.17) is 5.73 Å². The van der Waals surface area contributed by atoms with Crippen molar-refractivity contribution in [2.24, 2.45) is 11.7 Å². The third-order valence-electron chi connectivity index (χ3n) is 2.46. The second-order valence-corrected chi connectivity index (χ2v) is 3.75. The van der Waals surface area contributed by atoms with Gasteiger partial charge in [-0.1, -0.05) is 0 Å². The van der Waals surface area contributed by atoms with E-state index in [9.17, 15) is 4.79 Å². The Balaban J connectivity index is 2.67. The molecule has 1 atom stereocenters. The number of amides is 1. The van der Waals surface area contributed by atoms with Crippen LogP contribution in [0.2, 0.25) is 0 Å². The van der Waals surface area contributed by atoms with Crippen molar-refractivity contribution >= 4 is 5.91 Å². The summed E-state index contributed by atoms with van der Waals surface area (Å²) in [6.45, 7) is 5.06. The highest BCUT2D eigenvalue weighted by Crippen LogP contribution is 2.24. The van der Waals surface area contributed by atoms with Gasteiger partial charge in [0.15, 0.2) is 0 Å². The van der Waals surface area contributed by atoms with Gasteiger partial charge in [0.1, 0.15) is 0 Å². The number of carbonyl (C=O) groups is 1. The van der Waals surface area contributed by atoms with E-state index in [0.29, 0.717) is 0 Å². The van der Waals surface area contributed by atoms with Crippen LogP contribution >= 0.6 is 0 Å². The van der Waals surface area contributed by atoms with E-state index >= 15 is 0 Å². The maximum Gasteiger partial charge on any atom is 0.222 e. The molecule has 3 heteroatoms. The molecule has 3 N–H and O–H groups in total. The summed E-state index contributed by atoms with van der Waals surface area (Å²) in [5.41, 5.74) is 5.16. The highest BCUT2D eigenvalue weighted by molar-refractivity contribution is 5.78. The van der Waals surface area contributed by atoms with Crippen molar-refractivity contribution in [3.63, 3.8) is 0 Å². The van der Waals surface area contributed by atoms with Crippen molar-refractivity contribution in [2.45, 2.75) is 32.2 Å². The van der Waals surface area contributed by atoms with E-state index in [2.05, 4.69) is 5.32 Å². The average Bonchev–Trinajstić information content (AvgIpc) is 1.85. The Morgan fingerprint density at radius 3 is 2.64 bits per heavy atom. The zero-order valence-electron chi connectivity index (χ0n) is 7.18. The lowest BCUT2D eigenvalue weighted by atomic mass is 9.80. The van der Waals surface area contributed by atoms with Gasteiger partial charge in [0.05, 0.1) is 5.92 Å². The van der Waals surface area contributed by atoms with Gasteiger partial charge in [-0.3, -0.25) is 4.79 Å². The second-order valence-electron chi connectivity index (χ2n) is 3.75.